The summed E-state index contributed by atoms with van der Waals surface area (Å²) in [6.45, 7) is 3.80. The Bertz CT molecular complexity index is 491. The Morgan fingerprint density at radius 2 is 2.05 bits per heavy atom. The van der Waals surface area contributed by atoms with Crippen molar-refractivity contribution in [2.24, 2.45) is 0 Å². The van der Waals surface area contributed by atoms with Crippen LogP contribution in [0.2, 0.25) is 0 Å². The molecular weight excluding hydrogens is 324 g/mol. The largest absolute Gasteiger partial charge is 0.396 e. The predicted octanol–water partition coefficient (Wildman–Crippen LogP) is 1.97. The maximum Gasteiger partial charge on any atom is 0.313 e. The van der Waals surface area contributed by atoms with Gasteiger partial charge in [0.25, 0.3) is 0 Å². The van der Waals surface area contributed by atoms with Gasteiger partial charge in [-0.25, -0.2) is 0 Å². The summed E-state index contributed by atoms with van der Waals surface area (Å²) in [7, 11) is 0. The molecule has 0 bridgehead atoms. The molecule has 1 aromatic carbocycles. The fourth-order valence-electron chi connectivity index (χ4n) is 1.66. The lowest BCUT2D eigenvalue weighted by molar-refractivity contribution is -0.136. The molecule has 0 spiro atoms. The van der Waals surface area contributed by atoms with Crippen LogP contribution in [-0.2, 0) is 9.59 Å². The van der Waals surface area contributed by atoms with Gasteiger partial charge < -0.3 is 15.7 Å². The molecule has 1 atom stereocenters. The van der Waals surface area contributed by atoms with Gasteiger partial charge in [0.1, 0.15) is 0 Å². The summed E-state index contributed by atoms with van der Waals surface area (Å²) in [5, 5.41) is 13.8. The molecule has 0 saturated carbocycles. The SMILES string of the molecule is Cc1ccc(NC(=O)C(=O)NC(C)CCCO)c(Br)c1. The monoisotopic (exact) mass is 342 g/mol. The third kappa shape index (κ3) is 5.30. The van der Waals surface area contributed by atoms with Gasteiger partial charge in [-0.2, -0.15) is 0 Å². The molecule has 1 unspecified atom stereocenters. The van der Waals surface area contributed by atoms with Gasteiger partial charge in [0.05, 0.1) is 5.69 Å². The number of rotatable bonds is 5. The Balaban J connectivity index is 2.55. The van der Waals surface area contributed by atoms with Crippen molar-refractivity contribution >= 4 is 33.4 Å². The number of carbonyl (C=O) groups is 2. The maximum atomic E-state index is 11.8. The number of aryl methyl sites for hydroxylation is 1. The van der Waals surface area contributed by atoms with Crippen LogP contribution in [0.4, 0.5) is 5.69 Å². The van der Waals surface area contributed by atoms with Gasteiger partial charge >= 0.3 is 11.8 Å². The highest BCUT2D eigenvalue weighted by Crippen LogP contribution is 2.23. The van der Waals surface area contributed by atoms with Crippen LogP contribution < -0.4 is 10.6 Å². The first-order valence-corrected chi connectivity index (χ1v) is 7.22. The van der Waals surface area contributed by atoms with E-state index >= 15 is 0 Å². The smallest absolute Gasteiger partial charge is 0.313 e. The average molecular weight is 343 g/mol. The molecule has 0 radical (unpaired) electrons. The van der Waals surface area contributed by atoms with E-state index in [0.29, 0.717) is 18.5 Å². The Hall–Kier alpha value is -1.40. The summed E-state index contributed by atoms with van der Waals surface area (Å²) in [5.74, 6) is -1.38. The zero-order chi connectivity index (χ0) is 15.1. The van der Waals surface area contributed by atoms with Crippen LogP contribution in [-0.4, -0.2) is 29.6 Å². The molecule has 6 heteroatoms. The quantitative estimate of drug-likeness (QED) is 0.716. The normalized spacial score (nSPS) is 11.8. The molecule has 0 fully saturated rings. The minimum atomic E-state index is -0.703. The van der Waals surface area contributed by atoms with Gasteiger partial charge in [-0.05, 0) is 60.3 Å². The molecule has 110 valence electrons. The molecule has 1 rings (SSSR count). The second-order valence-electron chi connectivity index (χ2n) is 4.68. The lowest BCUT2D eigenvalue weighted by Gasteiger charge is -2.13. The fourth-order valence-corrected chi connectivity index (χ4v) is 2.25. The van der Waals surface area contributed by atoms with E-state index in [4.69, 9.17) is 5.11 Å². The van der Waals surface area contributed by atoms with E-state index in [2.05, 4.69) is 26.6 Å². The van der Waals surface area contributed by atoms with Gasteiger partial charge in [-0.3, -0.25) is 9.59 Å². The molecule has 0 aliphatic rings. The lowest BCUT2D eigenvalue weighted by atomic mass is 10.2. The van der Waals surface area contributed by atoms with Crippen molar-refractivity contribution in [1.29, 1.82) is 0 Å². The Kier molecular flexibility index (Phi) is 6.67. The number of aliphatic hydroxyl groups is 1. The Labute approximate surface area is 126 Å². The summed E-state index contributed by atoms with van der Waals surface area (Å²) in [5.41, 5.74) is 1.61. The topological polar surface area (TPSA) is 78.4 Å². The number of nitrogens with one attached hydrogen (secondary N) is 2. The fraction of sp³-hybridized carbons (Fsp3) is 0.429. The van der Waals surface area contributed by atoms with Crippen molar-refractivity contribution in [3.63, 3.8) is 0 Å². The highest BCUT2D eigenvalue weighted by Gasteiger charge is 2.17. The first kappa shape index (κ1) is 16.7. The van der Waals surface area contributed by atoms with Gasteiger partial charge in [0, 0.05) is 17.1 Å². The number of halogens is 1. The van der Waals surface area contributed by atoms with E-state index < -0.39 is 11.8 Å². The molecule has 5 nitrogen and oxygen atoms in total. The van der Waals surface area contributed by atoms with E-state index in [1.807, 2.05) is 19.1 Å². The molecule has 0 aliphatic carbocycles. The van der Waals surface area contributed by atoms with Gasteiger partial charge in [-0.15, -0.1) is 0 Å². The number of carbonyl (C=O) groups excluding carboxylic acids is 2. The molecule has 0 aromatic heterocycles. The highest BCUT2D eigenvalue weighted by molar-refractivity contribution is 9.10. The van der Waals surface area contributed by atoms with Crippen molar-refractivity contribution < 1.29 is 14.7 Å². The van der Waals surface area contributed by atoms with Crippen molar-refractivity contribution in [3.05, 3.63) is 28.2 Å². The predicted molar refractivity (Wildman–Crippen MR) is 81.4 cm³/mol. The van der Waals surface area contributed by atoms with Crippen LogP contribution in [0.1, 0.15) is 25.3 Å². The first-order valence-electron chi connectivity index (χ1n) is 6.43. The van der Waals surface area contributed by atoms with Gasteiger partial charge in [0.15, 0.2) is 0 Å². The van der Waals surface area contributed by atoms with Crippen molar-refractivity contribution in [2.45, 2.75) is 32.7 Å². The minimum Gasteiger partial charge on any atom is -0.396 e. The van der Waals surface area contributed by atoms with Gasteiger partial charge in [0.2, 0.25) is 0 Å². The third-order valence-corrected chi connectivity index (χ3v) is 3.41. The minimum absolute atomic E-state index is 0.0721. The first-order chi connectivity index (χ1) is 9.43. The molecular formula is C14H19BrN2O3. The van der Waals surface area contributed by atoms with E-state index in [1.165, 1.54) is 0 Å². The number of hydrogen-bond acceptors (Lipinski definition) is 3. The second-order valence-corrected chi connectivity index (χ2v) is 5.53. The summed E-state index contributed by atoms with van der Waals surface area (Å²) in [4.78, 5) is 23.5. The molecule has 3 N–H and O–H groups in total. The summed E-state index contributed by atoms with van der Waals surface area (Å²) in [6, 6.07) is 5.29. The summed E-state index contributed by atoms with van der Waals surface area (Å²) >= 11 is 3.34. The van der Waals surface area contributed by atoms with Crippen molar-refractivity contribution in [2.75, 3.05) is 11.9 Å². The average Bonchev–Trinajstić information content (AvgIpc) is 2.39. The third-order valence-electron chi connectivity index (χ3n) is 2.75. The molecule has 2 amide bonds. The Morgan fingerprint density at radius 1 is 1.35 bits per heavy atom. The molecule has 0 heterocycles. The van der Waals surface area contributed by atoms with Crippen molar-refractivity contribution in [3.8, 4) is 0 Å². The molecule has 1 aromatic rings. The van der Waals surface area contributed by atoms with Crippen LogP contribution in [0.15, 0.2) is 22.7 Å². The van der Waals surface area contributed by atoms with Crippen LogP contribution in [0, 0.1) is 6.92 Å². The Morgan fingerprint density at radius 3 is 2.65 bits per heavy atom. The van der Waals surface area contributed by atoms with Crippen LogP contribution in [0.3, 0.4) is 0 Å². The van der Waals surface area contributed by atoms with E-state index in [-0.39, 0.29) is 12.6 Å². The second kappa shape index (κ2) is 8.01. The molecule has 0 aliphatic heterocycles. The summed E-state index contributed by atoms with van der Waals surface area (Å²) in [6.07, 6.45) is 1.22. The number of anilines is 1. The standard InChI is InChI=1S/C14H19BrN2O3/c1-9-5-6-12(11(15)8-9)17-14(20)13(19)16-10(2)4-3-7-18/h5-6,8,10,18H,3-4,7H2,1-2H3,(H,16,19)(H,17,20). The van der Waals surface area contributed by atoms with Crippen LogP contribution in [0.25, 0.3) is 0 Å². The number of hydrogen-bond donors (Lipinski definition) is 3. The number of aliphatic hydroxyl groups excluding tert-OH is 1. The van der Waals surface area contributed by atoms with Crippen LogP contribution in [0.5, 0.6) is 0 Å². The zero-order valence-corrected chi connectivity index (χ0v) is 13.2. The van der Waals surface area contributed by atoms with Crippen molar-refractivity contribution in [1.82, 2.24) is 5.32 Å². The molecule has 20 heavy (non-hydrogen) atoms. The number of benzene rings is 1. The van der Waals surface area contributed by atoms with Crippen LogP contribution >= 0.6 is 15.9 Å². The number of amides is 2. The van der Waals surface area contributed by atoms with E-state index in [9.17, 15) is 9.59 Å². The maximum absolute atomic E-state index is 11.8. The highest BCUT2D eigenvalue weighted by atomic mass is 79.9. The van der Waals surface area contributed by atoms with E-state index in [1.54, 1.807) is 13.0 Å². The van der Waals surface area contributed by atoms with Gasteiger partial charge in [-0.1, -0.05) is 6.07 Å². The zero-order valence-electron chi connectivity index (χ0n) is 11.6. The van der Waals surface area contributed by atoms with E-state index in [0.717, 1.165) is 10.0 Å². The molecule has 0 saturated heterocycles. The lowest BCUT2D eigenvalue weighted by Crippen LogP contribution is -2.40. The summed E-state index contributed by atoms with van der Waals surface area (Å²) < 4.78 is 0.729.